The van der Waals surface area contributed by atoms with Crippen LogP contribution < -0.4 is 4.74 Å². The third-order valence-electron chi connectivity index (χ3n) is 6.78. The SMILES string of the molecule is O=C(N1CCC(O)CC1)N1CC(c2ccc(OC(F)F)cc2)CC(c2nc(C3CC3)no2)C1. The van der Waals surface area contributed by atoms with Crippen LogP contribution in [0.4, 0.5) is 13.6 Å². The van der Waals surface area contributed by atoms with E-state index < -0.39 is 6.61 Å². The first-order chi connectivity index (χ1) is 16.0. The van der Waals surface area contributed by atoms with Crippen molar-refractivity contribution in [2.24, 2.45) is 0 Å². The lowest BCUT2D eigenvalue weighted by atomic mass is 9.84. The molecule has 10 heteroatoms. The number of likely N-dealkylation sites (tertiary alicyclic amines) is 2. The summed E-state index contributed by atoms with van der Waals surface area (Å²) in [5.41, 5.74) is 0.940. The van der Waals surface area contributed by atoms with Crippen molar-refractivity contribution in [2.45, 2.75) is 62.6 Å². The van der Waals surface area contributed by atoms with Crippen molar-refractivity contribution in [1.29, 1.82) is 0 Å². The molecule has 2 atom stereocenters. The number of ether oxygens (including phenoxy) is 1. The summed E-state index contributed by atoms with van der Waals surface area (Å²) in [6.07, 6.45) is 3.65. The van der Waals surface area contributed by atoms with Gasteiger partial charge in [-0.1, -0.05) is 17.3 Å². The number of aromatic nitrogens is 2. The number of halogens is 2. The summed E-state index contributed by atoms with van der Waals surface area (Å²) < 4.78 is 35.1. The lowest BCUT2D eigenvalue weighted by Crippen LogP contribution is -2.51. The number of piperidine rings is 2. The number of urea groups is 1. The molecule has 1 N–H and O–H groups in total. The van der Waals surface area contributed by atoms with Crippen LogP contribution in [-0.2, 0) is 0 Å². The van der Waals surface area contributed by atoms with Gasteiger partial charge in [-0.15, -0.1) is 0 Å². The van der Waals surface area contributed by atoms with E-state index in [1.54, 1.807) is 17.0 Å². The van der Waals surface area contributed by atoms with E-state index in [1.807, 2.05) is 4.90 Å². The van der Waals surface area contributed by atoms with Crippen molar-refractivity contribution in [3.05, 3.63) is 41.5 Å². The zero-order valence-electron chi connectivity index (χ0n) is 18.3. The van der Waals surface area contributed by atoms with E-state index in [-0.39, 0.29) is 29.7 Å². The van der Waals surface area contributed by atoms with Gasteiger partial charge in [0.25, 0.3) is 0 Å². The van der Waals surface area contributed by atoms with Crippen molar-refractivity contribution in [1.82, 2.24) is 19.9 Å². The molecule has 5 rings (SSSR count). The molecule has 0 spiro atoms. The van der Waals surface area contributed by atoms with Crippen LogP contribution in [0.1, 0.15) is 67.1 Å². The van der Waals surface area contributed by atoms with Crippen LogP contribution >= 0.6 is 0 Å². The Kier molecular flexibility index (Phi) is 6.18. The summed E-state index contributed by atoms with van der Waals surface area (Å²) in [6, 6.07) is 6.54. The molecule has 33 heavy (non-hydrogen) atoms. The fourth-order valence-electron chi connectivity index (χ4n) is 4.77. The molecule has 178 valence electrons. The quantitative estimate of drug-likeness (QED) is 0.729. The van der Waals surface area contributed by atoms with E-state index in [4.69, 9.17) is 4.52 Å². The second kappa shape index (κ2) is 9.24. The molecule has 3 heterocycles. The number of nitrogens with zero attached hydrogens (tertiary/aromatic N) is 4. The maximum atomic E-state index is 13.3. The molecule has 8 nitrogen and oxygen atoms in total. The van der Waals surface area contributed by atoms with E-state index in [9.17, 15) is 18.7 Å². The third-order valence-corrected chi connectivity index (χ3v) is 6.78. The number of amides is 2. The number of hydrogen-bond acceptors (Lipinski definition) is 6. The van der Waals surface area contributed by atoms with Crippen LogP contribution in [0.25, 0.3) is 0 Å². The first kappa shape index (κ1) is 22.1. The first-order valence-electron chi connectivity index (χ1n) is 11.6. The smallest absolute Gasteiger partial charge is 0.387 e. The van der Waals surface area contributed by atoms with Gasteiger partial charge < -0.3 is 24.2 Å². The lowest BCUT2D eigenvalue weighted by Gasteiger charge is -2.40. The highest BCUT2D eigenvalue weighted by atomic mass is 19.3. The molecular formula is C23H28F2N4O4. The van der Waals surface area contributed by atoms with Crippen molar-refractivity contribution < 1.29 is 27.9 Å². The Hall–Kier alpha value is -2.75. The highest BCUT2D eigenvalue weighted by molar-refractivity contribution is 5.75. The second-order valence-electron chi connectivity index (χ2n) is 9.25. The van der Waals surface area contributed by atoms with Crippen molar-refractivity contribution in [3.63, 3.8) is 0 Å². The largest absolute Gasteiger partial charge is 0.435 e. The molecule has 1 aromatic carbocycles. The molecule has 2 unspecified atom stereocenters. The number of benzene rings is 1. The van der Waals surface area contributed by atoms with Crippen LogP contribution in [-0.4, -0.2) is 70.0 Å². The molecule has 2 aromatic rings. The highest BCUT2D eigenvalue weighted by Crippen LogP contribution is 2.40. The van der Waals surface area contributed by atoms with Gasteiger partial charge in [0.1, 0.15) is 5.75 Å². The predicted octanol–water partition coefficient (Wildman–Crippen LogP) is 3.70. The topological polar surface area (TPSA) is 91.9 Å². The summed E-state index contributed by atoms with van der Waals surface area (Å²) in [6.45, 7) is -0.833. The molecule has 2 saturated heterocycles. The zero-order valence-corrected chi connectivity index (χ0v) is 18.3. The Morgan fingerprint density at radius 1 is 1.03 bits per heavy atom. The summed E-state index contributed by atoms with van der Waals surface area (Å²) in [7, 11) is 0. The number of rotatable bonds is 5. The Bertz CT molecular complexity index is 958. The van der Waals surface area contributed by atoms with Gasteiger partial charge >= 0.3 is 12.6 Å². The van der Waals surface area contributed by atoms with Crippen LogP contribution in [0.15, 0.2) is 28.8 Å². The Morgan fingerprint density at radius 3 is 2.39 bits per heavy atom. The number of carbonyl (C=O) groups is 1. The highest BCUT2D eigenvalue weighted by Gasteiger charge is 2.38. The van der Waals surface area contributed by atoms with Gasteiger partial charge in [0.05, 0.1) is 12.0 Å². The van der Waals surface area contributed by atoms with Gasteiger partial charge in [-0.25, -0.2) is 4.79 Å². The molecule has 0 radical (unpaired) electrons. The van der Waals surface area contributed by atoms with E-state index in [0.29, 0.717) is 57.3 Å². The normalized spacial score (nSPS) is 24.4. The minimum atomic E-state index is -2.87. The number of hydrogen-bond donors (Lipinski definition) is 1. The average molecular weight is 462 g/mol. The molecule has 0 bridgehead atoms. The maximum absolute atomic E-state index is 13.3. The summed E-state index contributed by atoms with van der Waals surface area (Å²) in [5.74, 6) is 1.64. The fraction of sp³-hybridized carbons (Fsp3) is 0.609. The fourth-order valence-corrected chi connectivity index (χ4v) is 4.77. The van der Waals surface area contributed by atoms with Crippen LogP contribution in [0, 0.1) is 0 Å². The minimum absolute atomic E-state index is 0.0139. The molecule has 2 aliphatic heterocycles. The average Bonchev–Trinajstić information content (AvgIpc) is 3.55. The van der Waals surface area contributed by atoms with Crippen LogP contribution in [0.2, 0.25) is 0 Å². The molecule has 2 amide bonds. The number of alkyl halides is 2. The molecule has 3 fully saturated rings. The van der Waals surface area contributed by atoms with Crippen molar-refractivity contribution >= 4 is 6.03 Å². The van der Waals surface area contributed by atoms with Gasteiger partial charge in [0, 0.05) is 38.0 Å². The molecule has 1 aliphatic carbocycles. The van der Waals surface area contributed by atoms with Gasteiger partial charge in [0.15, 0.2) is 5.82 Å². The summed E-state index contributed by atoms with van der Waals surface area (Å²) in [4.78, 5) is 21.5. The standard InChI is InChI=1S/C23H28F2N4O4/c24-22(25)32-19-5-3-14(4-6-19)16-11-17(21-26-20(27-33-21)15-1-2-15)13-29(12-16)23(31)28-9-7-18(30)8-10-28/h3-6,15-18,22,30H,1-2,7-13H2. The van der Waals surface area contributed by atoms with Crippen LogP contribution in [0.3, 0.4) is 0 Å². The number of aliphatic hydroxyl groups is 1. The first-order valence-corrected chi connectivity index (χ1v) is 11.6. The Balaban J connectivity index is 1.36. The molecular weight excluding hydrogens is 434 g/mol. The molecule has 1 saturated carbocycles. The van der Waals surface area contributed by atoms with Crippen molar-refractivity contribution in [3.8, 4) is 5.75 Å². The zero-order chi connectivity index (χ0) is 22.9. The summed E-state index contributed by atoms with van der Waals surface area (Å²) >= 11 is 0. The maximum Gasteiger partial charge on any atom is 0.387 e. The second-order valence-corrected chi connectivity index (χ2v) is 9.25. The Morgan fingerprint density at radius 2 is 1.73 bits per heavy atom. The molecule has 3 aliphatic rings. The monoisotopic (exact) mass is 462 g/mol. The van der Waals surface area contributed by atoms with E-state index in [1.165, 1.54) is 12.1 Å². The van der Waals surface area contributed by atoms with E-state index in [2.05, 4.69) is 14.9 Å². The van der Waals surface area contributed by atoms with E-state index in [0.717, 1.165) is 24.2 Å². The summed E-state index contributed by atoms with van der Waals surface area (Å²) in [5, 5.41) is 13.9. The van der Waals surface area contributed by atoms with Gasteiger partial charge in [-0.05, 0) is 49.8 Å². The number of aliphatic hydroxyl groups excluding tert-OH is 1. The Labute approximate surface area is 190 Å². The molecule has 1 aromatic heterocycles. The van der Waals surface area contributed by atoms with Gasteiger partial charge in [-0.3, -0.25) is 0 Å². The minimum Gasteiger partial charge on any atom is -0.435 e. The van der Waals surface area contributed by atoms with Gasteiger partial charge in [0.2, 0.25) is 5.89 Å². The van der Waals surface area contributed by atoms with E-state index >= 15 is 0 Å². The number of carbonyl (C=O) groups excluding carboxylic acids is 1. The van der Waals surface area contributed by atoms with Crippen molar-refractivity contribution in [2.75, 3.05) is 26.2 Å². The predicted molar refractivity (Wildman–Crippen MR) is 113 cm³/mol. The van der Waals surface area contributed by atoms with Crippen LogP contribution in [0.5, 0.6) is 5.75 Å². The lowest BCUT2D eigenvalue weighted by molar-refractivity contribution is -0.0498. The third kappa shape index (κ3) is 5.10. The van der Waals surface area contributed by atoms with Gasteiger partial charge in [-0.2, -0.15) is 13.8 Å².